The van der Waals surface area contributed by atoms with Gasteiger partial charge in [-0.2, -0.15) is 0 Å². The molecule has 0 aliphatic carbocycles. The van der Waals surface area contributed by atoms with Crippen LogP contribution in [0.5, 0.6) is 5.75 Å². The van der Waals surface area contributed by atoms with Crippen LogP contribution in [0.4, 0.5) is 11.4 Å². The number of aryl methyl sites for hydroxylation is 1. The molecule has 2 aromatic carbocycles. The van der Waals surface area contributed by atoms with Gasteiger partial charge in [0.1, 0.15) is 5.75 Å². The third kappa shape index (κ3) is 3.19. The van der Waals surface area contributed by atoms with Gasteiger partial charge < -0.3 is 14.7 Å². The molecule has 2 rings (SSSR count). The first-order valence-electron chi connectivity index (χ1n) is 7.27. The second-order valence-corrected chi connectivity index (χ2v) is 5.15. The molecule has 1 N–H and O–H groups in total. The summed E-state index contributed by atoms with van der Waals surface area (Å²) in [5, 5.41) is 10.2. The molecule has 0 aliphatic heterocycles. The molecule has 1 atom stereocenters. The Bertz CT molecular complexity index is 608. The molecule has 0 saturated carbocycles. The smallest absolute Gasteiger partial charge is 0.126 e. The van der Waals surface area contributed by atoms with Crippen LogP contribution in [0.1, 0.15) is 31.1 Å². The van der Waals surface area contributed by atoms with Crippen LogP contribution in [0.2, 0.25) is 0 Å². The molecule has 0 amide bonds. The Morgan fingerprint density at radius 3 is 2.48 bits per heavy atom. The molecule has 0 bridgehead atoms. The van der Waals surface area contributed by atoms with Crippen molar-refractivity contribution in [2.75, 3.05) is 18.6 Å². The number of hydrogen-bond acceptors (Lipinski definition) is 3. The van der Waals surface area contributed by atoms with Gasteiger partial charge in [-0.25, -0.2) is 0 Å². The van der Waals surface area contributed by atoms with Crippen LogP contribution in [-0.4, -0.2) is 18.8 Å². The zero-order chi connectivity index (χ0) is 15.4. The second-order valence-electron chi connectivity index (χ2n) is 5.15. The van der Waals surface area contributed by atoms with Crippen molar-refractivity contribution >= 4 is 11.4 Å². The summed E-state index contributed by atoms with van der Waals surface area (Å²) in [5.41, 5.74) is 4.14. The summed E-state index contributed by atoms with van der Waals surface area (Å²) >= 11 is 0. The first-order valence-corrected chi connectivity index (χ1v) is 7.27. The Hall–Kier alpha value is -2.00. The molecule has 112 valence electrons. The standard InChI is InChI=1S/C18H23NO2/c1-5-19(15-9-6-8-13(2)12-15)16-10-7-11-17(21-4)18(16)14(3)20/h6-12,14,20H,5H2,1-4H3. The van der Waals surface area contributed by atoms with Crippen molar-refractivity contribution < 1.29 is 9.84 Å². The lowest BCUT2D eigenvalue weighted by molar-refractivity contribution is 0.195. The van der Waals surface area contributed by atoms with Crippen molar-refractivity contribution in [1.82, 2.24) is 0 Å². The van der Waals surface area contributed by atoms with E-state index in [1.165, 1.54) is 5.56 Å². The number of nitrogens with zero attached hydrogens (tertiary/aromatic N) is 1. The van der Waals surface area contributed by atoms with Crippen molar-refractivity contribution in [1.29, 1.82) is 0 Å². The lowest BCUT2D eigenvalue weighted by atomic mass is 10.0. The van der Waals surface area contributed by atoms with Gasteiger partial charge in [0, 0.05) is 17.8 Å². The van der Waals surface area contributed by atoms with Gasteiger partial charge in [0.25, 0.3) is 0 Å². The molecular weight excluding hydrogens is 262 g/mol. The minimum absolute atomic E-state index is 0.588. The Morgan fingerprint density at radius 2 is 1.90 bits per heavy atom. The molecule has 0 saturated heterocycles. The molecule has 0 spiro atoms. The van der Waals surface area contributed by atoms with Gasteiger partial charge >= 0.3 is 0 Å². The SMILES string of the molecule is CCN(c1cccc(C)c1)c1cccc(OC)c1C(C)O. The third-order valence-corrected chi connectivity index (χ3v) is 3.60. The lowest BCUT2D eigenvalue weighted by Crippen LogP contribution is -2.19. The van der Waals surface area contributed by atoms with Crippen molar-refractivity contribution in [3.63, 3.8) is 0 Å². The number of aliphatic hydroxyl groups is 1. The van der Waals surface area contributed by atoms with Crippen molar-refractivity contribution in [3.05, 3.63) is 53.6 Å². The van der Waals surface area contributed by atoms with Crippen LogP contribution in [-0.2, 0) is 0 Å². The van der Waals surface area contributed by atoms with E-state index < -0.39 is 6.10 Å². The third-order valence-electron chi connectivity index (χ3n) is 3.60. The number of ether oxygens (including phenoxy) is 1. The summed E-state index contributed by atoms with van der Waals surface area (Å²) in [4.78, 5) is 2.19. The van der Waals surface area contributed by atoms with Crippen LogP contribution in [0, 0.1) is 6.92 Å². The van der Waals surface area contributed by atoms with E-state index in [1.807, 2.05) is 18.2 Å². The number of benzene rings is 2. The van der Waals surface area contributed by atoms with Gasteiger partial charge in [0.2, 0.25) is 0 Å². The highest BCUT2D eigenvalue weighted by molar-refractivity contribution is 5.70. The highest BCUT2D eigenvalue weighted by Gasteiger charge is 2.19. The summed E-state index contributed by atoms with van der Waals surface area (Å²) in [6, 6.07) is 14.2. The van der Waals surface area contributed by atoms with E-state index in [0.29, 0.717) is 5.75 Å². The molecule has 3 nitrogen and oxygen atoms in total. The largest absolute Gasteiger partial charge is 0.496 e. The van der Waals surface area contributed by atoms with Crippen LogP contribution in [0.25, 0.3) is 0 Å². The Labute approximate surface area is 126 Å². The van der Waals surface area contributed by atoms with Gasteiger partial charge in [0.05, 0.1) is 18.9 Å². The number of hydrogen-bond donors (Lipinski definition) is 1. The van der Waals surface area contributed by atoms with Gasteiger partial charge in [0.15, 0.2) is 0 Å². The zero-order valence-electron chi connectivity index (χ0n) is 13.1. The number of methoxy groups -OCH3 is 1. The van der Waals surface area contributed by atoms with E-state index in [1.54, 1.807) is 14.0 Å². The maximum absolute atomic E-state index is 10.2. The summed E-state index contributed by atoms with van der Waals surface area (Å²) in [6.45, 7) is 6.77. The van der Waals surface area contributed by atoms with Crippen molar-refractivity contribution in [2.24, 2.45) is 0 Å². The summed E-state index contributed by atoms with van der Waals surface area (Å²) in [6.07, 6.45) is -0.588. The summed E-state index contributed by atoms with van der Waals surface area (Å²) < 4.78 is 5.41. The number of rotatable bonds is 5. The Kier molecular flexibility index (Phi) is 4.86. The molecule has 1 unspecified atom stereocenters. The topological polar surface area (TPSA) is 32.7 Å². The lowest BCUT2D eigenvalue weighted by Gasteiger charge is -2.28. The van der Waals surface area contributed by atoms with E-state index in [0.717, 1.165) is 23.5 Å². The predicted molar refractivity (Wildman–Crippen MR) is 87.5 cm³/mol. The molecule has 3 heteroatoms. The average Bonchev–Trinajstić information content (AvgIpc) is 2.47. The van der Waals surface area contributed by atoms with Crippen LogP contribution in [0.3, 0.4) is 0 Å². The normalized spacial score (nSPS) is 12.0. The fourth-order valence-corrected chi connectivity index (χ4v) is 2.65. The van der Waals surface area contributed by atoms with E-state index in [9.17, 15) is 5.11 Å². The minimum Gasteiger partial charge on any atom is -0.496 e. The fraction of sp³-hybridized carbons (Fsp3) is 0.333. The zero-order valence-corrected chi connectivity index (χ0v) is 13.1. The minimum atomic E-state index is -0.588. The first-order chi connectivity index (χ1) is 10.1. The molecule has 21 heavy (non-hydrogen) atoms. The van der Waals surface area contributed by atoms with Gasteiger partial charge in [-0.1, -0.05) is 18.2 Å². The molecule has 0 aromatic heterocycles. The molecule has 0 fully saturated rings. The summed E-state index contributed by atoms with van der Waals surface area (Å²) in [7, 11) is 1.63. The van der Waals surface area contributed by atoms with Crippen molar-refractivity contribution in [2.45, 2.75) is 26.9 Å². The monoisotopic (exact) mass is 285 g/mol. The Morgan fingerprint density at radius 1 is 1.19 bits per heavy atom. The Balaban J connectivity index is 2.57. The van der Waals surface area contributed by atoms with E-state index in [-0.39, 0.29) is 0 Å². The van der Waals surface area contributed by atoms with Gasteiger partial charge in [-0.15, -0.1) is 0 Å². The second kappa shape index (κ2) is 6.64. The van der Waals surface area contributed by atoms with Crippen molar-refractivity contribution in [3.8, 4) is 5.75 Å². The highest BCUT2D eigenvalue weighted by Crippen LogP contribution is 2.37. The molecular formula is C18H23NO2. The molecule has 0 aliphatic rings. The van der Waals surface area contributed by atoms with Crippen LogP contribution < -0.4 is 9.64 Å². The van der Waals surface area contributed by atoms with Crippen LogP contribution >= 0.6 is 0 Å². The maximum atomic E-state index is 10.2. The van der Waals surface area contributed by atoms with E-state index in [4.69, 9.17) is 4.74 Å². The highest BCUT2D eigenvalue weighted by atomic mass is 16.5. The number of aliphatic hydroxyl groups excluding tert-OH is 1. The van der Waals surface area contributed by atoms with E-state index in [2.05, 4.69) is 43.0 Å². The molecule has 0 heterocycles. The summed E-state index contributed by atoms with van der Waals surface area (Å²) in [5.74, 6) is 0.716. The number of anilines is 2. The predicted octanol–water partition coefficient (Wildman–Crippen LogP) is 4.21. The van der Waals surface area contributed by atoms with Gasteiger partial charge in [-0.05, 0) is 50.6 Å². The quantitative estimate of drug-likeness (QED) is 0.893. The maximum Gasteiger partial charge on any atom is 0.126 e. The first kappa shape index (κ1) is 15.4. The molecule has 0 radical (unpaired) electrons. The van der Waals surface area contributed by atoms with E-state index >= 15 is 0 Å². The van der Waals surface area contributed by atoms with Crippen LogP contribution in [0.15, 0.2) is 42.5 Å². The fourth-order valence-electron chi connectivity index (χ4n) is 2.65. The molecule has 2 aromatic rings. The average molecular weight is 285 g/mol. The van der Waals surface area contributed by atoms with Gasteiger partial charge in [-0.3, -0.25) is 0 Å².